The molecule has 2 heteroatoms. The first-order chi connectivity index (χ1) is 5.38. The zero-order chi connectivity index (χ0) is 7.68. The van der Waals surface area contributed by atoms with E-state index in [1.165, 1.54) is 10.9 Å². The first kappa shape index (κ1) is 9.25. The molecular weight excluding hydrogens is 161 g/mol. The summed E-state index contributed by atoms with van der Waals surface area (Å²) in [5, 5.41) is 1.19. The van der Waals surface area contributed by atoms with Crippen molar-refractivity contribution >= 4 is 28.3 Å². The number of aromatic nitrogens is 1. The lowest BCUT2D eigenvalue weighted by atomic mass is 10.1. The van der Waals surface area contributed by atoms with Crippen LogP contribution < -0.4 is 0 Å². The molecule has 0 spiro atoms. The summed E-state index contributed by atoms with van der Waals surface area (Å²) in [6.07, 6.45) is 1.79. The Morgan fingerprint density at radius 2 is 2.17 bits per heavy atom. The third-order valence-corrected chi connectivity index (χ3v) is 1.79. The third-order valence-electron chi connectivity index (χ3n) is 1.79. The molecule has 1 aromatic carbocycles. The molecule has 12 heavy (non-hydrogen) atoms. The second-order valence-corrected chi connectivity index (χ2v) is 2.56. The van der Waals surface area contributed by atoms with Gasteiger partial charge in [0.05, 0.1) is 5.52 Å². The minimum Gasteiger partial charge on any atom is -0.256 e. The molecule has 0 amide bonds. The zero-order valence-electron chi connectivity index (χ0n) is 6.33. The molecule has 59 valence electrons. The number of benzene rings is 1. The Kier molecular flexibility index (Phi) is 2.86. The van der Waals surface area contributed by atoms with Gasteiger partial charge in [0.1, 0.15) is 0 Å². The van der Waals surface area contributed by atoms with Crippen LogP contribution in [0.4, 0.5) is 0 Å². The molecule has 1 nitrogen and oxygen atoms in total. The highest BCUT2D eigenvalue weighted by molar-refractivity contribution is 5.80. The topological polar surface area (TPSA) is 12.9 Å². The van der Waals surface area contributed by atoms with Gasteiger partial charge in [0.25, 0.3) is 0 Å². The summed E-state index contributed by atoms with van der Waals surface area (Å²) in [5.41, 5.74) is 2.21. The second-order valence-electron chi connectivity index (χ2n) is 2.56. The van der Waals surface area contributed by atoms with Gasteiger partial charge in [-0.05, 0) is 18.6 Å². The molecule has 0 saturated carbocycles. The normalized spacial score (nSPS) is 9.42. The molecule has 0 atom stereocenters. The molecule has 0 aliphatic rings. The summed E-state index contributed by atoms with van der Waals surface area (Å²) in [6, 6.07) is 11.0. The number of pyridine rings is 1. The fourth-order valence-electron chi connectivity index (χ4n) is 1.17. The Hall–Kier alpha value is -0.838. The Bertz CT molecular complexity index is 379. The number of aryl methyl sites for hydroxylation is 1. The molecule has 2 rings (SSSR count). The molecule has 1 radical (unpaired) electrons. The standard InChI is InChI=1S/C10H8N.Al.3H/c1-8-4-2-6-10-9(8)5-3-7-11-10;;;;/h2-5,7H,1H3;;;;. The third kappa shape index (κ3) is 1.50. The zero-order valence-corrected chi connectivity index (χ0v) is 6.33. The molecule has 0 N–H and O–H groups in total. The second kappa shape index (κ2) is 3.71. The Morgan fingerprint density at radius 3 is 2.92 bits per heavy atom. The first-order valence-corrected chi connectivity index (χ1v) is 3.60. The van der Waals surface area contributed by atoms with Gasteiger partial charge in [-0.1, -0.05) is 18.2 Å². The molecule has 0 saturated heterocycles. The van der Waals surface area contributed by atoms with Crippen LogP contribution in [0, 0.1) is 13.0 Å². The van der Waals surface area contributed by atoms with Gasteiger partial charge in [0.15, 0.2) is 17.4 Å². The van der Waals surface area contributed by atoms with Crippen LogP contribution in [-0.4, -0.2) is 22.3 Å². The predicted molar refractivity (Wildman–Crippen MR) is 55.3 cm³/mol. The van der Waals surface area contributed by atoms with Crippen LogP contribution in [0.2, 0.25) is 0 Å². The predicted octanol–water partition coefficient (Wildman–Crippen LogP) is 1.16. The van der Waals surface area contributed by atoms with Crippen molar-refractivity contribution in [3.63, 3.8) is 0 Å². The highest BCUT2D eigenvalue weighted by Gasteiger charge is 1.93. The maximum Gasteiger partial charge on any atom is 0.187 e. The number of hydrogen-bond donors (Lipinski definition) is 0. The summed E-state index contributed by atoms with van der Waals surface area (Å²) in [7, 11) is 0. The van der Waals surface area contributed by atoms with E-state index in [-0.39, 0.29) is 17.4 Å². The van der Waals surface area contributed by atoms with Crippen molar-refractivity contribution in [2.24, 2.45) is 0 Å². The van der Waals surface area contributed by atoms with E-state index in [9.17, 15) is 0 Å². The van der Waals surface area contributed by atoms with E-state index in [1.807, 2.05) is 18.2 Å². The molecule has 0 aliphatic heterocycles. The lowest BCUT2D eigenvalue weighted by Gasteiger charge is -1.97. The van der Waals surface area contributed by atoms with E-state index in [2.05, 4.69) is 24.0 Å². The average Bonchev–Trinajstić information content (AvgIpc) is 2.06. The van der Waals surface area contributed by atoms with Gasteiger partial charge in [0, 0.05) is 17.6 Å². The summed E-state index contributed by atoms with van der Waals surface area (Å²) in [4.78, 5) is 4.19. The molecule has 1 heterocycles. The summed E-state index contributed by atoms with van der Waals surface area (Å²) >= 11 is 0. The van der Waals surface area contributed by atoms with Gasteiger partial charge < -0.3 is 0 Å². The largest absolute Gasteiger partial charge is 0.256 e. The summed E-state index contributed by atoms with van der Waals surface area (Å²) in [6.45, 7) is 2.08. The Morgan fingerprint density at radius 1 is 1.33 bits per heavy atom. The molecule has 0 unspecified atom stereocenters. The SMILES string of the molecule is Cc1cc[c]c2ncccc12.[AlH3]. The summed E-state index contributed by atoms with van der Waals surface area (Å²) < 4.78 is 0. The van der Waals surface area contributed by atoms with Gasteiger partial charge in [0.2, 0.25) is 0 Å². The van der Waals surface area contributed by atoms with Gasteiger partial charge in [-0.15, -0.1) is 0 Å². The van der Waals surface area contributed by atoms with Crippen molar-refractivity contribution in [2.75, 3.05) is 0 Å². The number of hydrogen-bond acceptors (Lipinski definition) is 1. The smallest absolute Gasteiger partial charge is 0.187 e. The minimum absolute atomic E-state index is 0. The van der Waals surface area contributed by atoms with Crippen molar-refractivity contribution in [1.29, 1.82) is 0 Å². The van der Waals surface area contributed by atoms with Crippen LogP contribution in [0.25, 0.3) is 10.9 Å². The quantitative estimate of drug-likeness (QED) is 0.543. The van der Waals surface area contributed by atoms with Gasteiger partial charge in [-0.2, -0.15) is 0 Å². The molecule has 0 bridgehead atoms. The van der Waals surface area contributed by atoms with Crippen LogP contribution in [-0.2, 0) is 0 Å². The monoisotopic (exact) mass is 172 g/mol. The maximum absolute atomic E-state index is 4.19. The van der Waals surface area contributed by atoms with E-state index >= 15 is 0 Å². The molecule has 1 aromatic heterocycles. The van der Waals surface area contributed by atoms with E-state index in [0.29, 0.717) is 0 Å². The fourth-order valence-corrected chi connectivity index (χ4v) is 1.17. The number of fused-ring (bicyclic) bond motifs is 1. The van der Waals surface area contributed by atoms with Gasteiger partial charge >= 0.3 is 0 Å². The lowest BCUT2D eigenvalue weighted by molar-refractivity contribution is 1.39. The van der Waals surface area contributed by atoms with Gasteiger partial charge in [-0.25, -0.2) is 0 Å². The fraction of sp³-hybridized carbons (Fsp3) is 0.100. The van der Waals surface area contributed by atoms with Crippen molar-refractivity contribution in [2.45, 2.75) is 6.92 Å². The van der Waals surface area contributed by atoms with Crippen LogP contribution in [0.5, 0.6) is 0 Å². The van der Waals surface area contributed by atoms with Crippen molar-refractivity contribution in [3.05, 3.63) is 42.1 Å². The van der Waals surface area contributed by atoms with Crippen LogP contribution in [0.1, 0.15) is 5.56 Å². The van der Waals surface area contributed by atoms with Crippen molar-refractivity contribution < 1.29 is 0 Å². The molecular formula is C10H11AlN. The van der Waals surface area contributed by atoms with Crippen molar-refractivity contribution in [1.82, 2.24) is 4.98 Å². The van der Waals surface area contributed by atoms with E-state index < -0.39 is 0 Å². The van der Waals surface area contributed by atoms with E-state index in [0.717, 1.165) is 5.52 Å². The van der Waals surface area contributed by atoms with Gasteiger partial charge in [-0.3, -0.25) is 4.98 Å². The molecule has 2 aromatic rings. The van der Waals surface area contributed by atoms with Crippen molar-refractivity contribution in [3.8, 4) is 0 Å². The van der Waals surface area contributed by atoms with E-state index in [4.69, 9.17) is 0 Å². The highest BCUT2D eigenvalue weighted by Crippen LogP contribution is 2.13. The van der Waals surface area contributed by atoms with Crippen LogP contribution in [0.3, 0.4) is 0 Å². The lowest BCUT2D eigenvalue weighted by Crippen LogP contribution is -1.79. The first-order valence-electron chi connectivity index (χ1n) is 3.60. The number of rotatable bonds is 0. The molecule has 0 fully saturated rings. The Labute approximate surface area is 82.6 Å². The average molecular weight is 172 g/mol. The summed E-state index contributed by atoms with van der Waals surface area (Å²) in [5.74, 6) is 0. The highest BCUT2D eigenvalue weighted by atomic mass is 27.0. The number of nitrogens with zero attached hydrogens (tertiary/aromatic N) is 1. The Balaban J connectivity index is 0.000000720. The minimum atomic E-state index is 0. The molecule has 0 aliphatic carbocycles. The maximum atomic E-state index is 4.19. The van der Waals surface area contributed by atoms with E-state index in [1.54, 1.807) is 6.20 Å². The van der Waals surface area contributed by atoms with Crippen LogP contribution >= 0.6 is 0 Å². The van der Waals surface area contributed by atoms with Crippen LogP contribution in [0.15, 0.2) is 30.5 Å².